The average Bonchev–Trinajstić information content (AvgIpc) is 2.16. The number of benzene rings is 1. The van der Waals surface area contributed by atoms with Gasteiger partial charge in [0.25, 0.3) is 5.92 Å². The van der Waals surface area contributed by atoms with E-state index in [1.807, 2.05) is 0 Å². The van der Waals surface area contributed by atoms with Gasteiger partial charge in [-0.05, 0) is 32.9 Å². The van der Waals surface area contributed by atoms with E-state index in [1.54, 1.807) is 13.0 Å². The molecule has 0 amide bonds. The molecule has 4 heteroatoms. The first-order chi connectivity index (χ1) is 7.20. The second-order valence-corrected chi connectivity index (χ2v) is 4.50. The molecule has 1 aromatic rings. The summed E-state index contributed by atoms with van der Waals surface area (Å²) in [4.78, 5) is 0. The Labute approximate surface area is 94.4 Å². The Hall–Kier alpha value is -1.16. The van der Waals surface area contributed by atoms with Crippen molar-refractivity contribution in [1.29, 1.82) is 0 Å². The molecule has 1 aromatic carbocycles. The molecule has 0 spiro atoms. The summed E-state index contributed by atoms with van der Waals surface area (Å²) in [7, 11) is 1.37. The highest BCUT2D eigenvalue weighted by atomic mass is 19.3. The molecule has 0 bridgehead atoms. The first-order valence-corrected chi connectivity index (χ1v) is 5.02. The molecule has 1 rings (SSSR count). The highest BCUT2D eigenvalue weighted by Crippen LogP contribution is 2.42. The van der Waals surface area contributed by atoms with E-state index < -0.39 is 11.5 Å². The van der Waals surface area contributed by atoms with Crippen LogP contribution < -0.4 is 10.5 Å². The van der Waals surface area contributed by atoms with Crippen molar-refractivity contribution in [2.45, 2.75) is 32.2 Å². The van der Waals surface area contributed by atoms with Gasteiger partial charge in [-0.2, -0.15) is 8.78 Å². The van der Waals surface area contributed by atoms with E-state index in [0.717, 1.165) is 5.56 Å². The van der Waals surface area contributed by atoms with Gasteiger partial charge >= 0.3 is 0 Å². The minimum Gasteiger partial charge on any atom is -0.496 e. The van der Waals surface area contributed by atoms with Gasteiger partial charge in [-0.25, -0.2) is 0 Å². The van der Waals surface area contributed by atoms with Gasteiger partial charge in [-0.1, -0.05) is 11.6 Å². The van der Waals surface area contributed by atoms with Crippen LogP contribution >= 0.6 is 0 Å². The van der Waals surface area contributed by atoms with E-state index in [2.05, 4.69) is 0 Å². The summed E-state index contributed by atoms with van der Waals surface area (Å²) in [6.45, 7) is 4.35. The van der Waals surface area contributed by atoms with E-state index in [4.69, 9.17) is 10.5 Å². The van der Waals surface area contributed by atoms with E-state index >= 15 is 0 Å². The molecule has 2 nitrogen and oxygen atoms in total. The summed E-state index contributed by atoms with van der Waals surface area (Å²) in [5.41, 5.74) is 4.47. The maximum atomic E-state index is 14.1. The minimum atomic E-state index is -3.13. The zero-order valence-electron chi connectivity index (χ0n) is 9.97. The number of rotatable bonds is 3. The third-order valence-electron chi connectivity index (χ3n) is 2.50. The molecule has 0 saturated heterocycles. The van der Waals surface area contributed by atoms with Crippen molar-refractivity contribution in [3.8, 4) is 5.75 Å². The summed E-state index contributed by atoms with van der Waals surface area (Å²) >= 11 is 0. The molecule has 0 atom stereocenters. The van der Waals surface area contributed by atoms with Crippen LogP contribution in [0.3, 0.4) is 0 Å². The SMILES string of the molecule is COc1ccc(C)cc1C(F)(F)C(C)(C)N. The summed E-state index contributed by atoms with van der Waals surface area (Å²) < 4.78 is 33.1. The van der Waals surface area contributed by atoms with Crippen LogP contribution in [0.1, 0.15) is 25.0 Å². The molecule has 0 aliphatic carbocycles. The lowest BCUT2D eigenvalue weighted by atomic mass is 9.90. The highest BCUT2D eigenvalue weighted by molar-refractivity contribution is 5.41. The molecule has 16 heavy (non-hydrogen) atoms. The Kier molecular flexibility index (Phi) is 3.24. The molecule has 90 valence electrons. The first kappa shape index (κ1) is 12.9. The van der Waals surface area contributed by atoms with Crippen LogP contribution in [0.15, 0.2) is 18.2 Å². The van der Waals surface area contributed by atoms with Gasteiger partial charge in [0.1, 0.15) is 5.75 Å². The highest BCUT2D eigenvalue weighted by Gasteiger charge is 2.47. The fourth-order valence-corrected chi connectivity index (χ4v) is 1.41. The average molecular weight is 229 g/mol. The molecule has 0 radical (unpaired) electrons. The second kappa shape index (κ2) is 4.01. The molecular formula is C12H17F2NO. The molecule has 2 N–H and O–H groups in total. The Balaban J connectivity index is 3.36. The number of methoxy groups -OCH3 is 1. The Morgan fingerprint density at radius 3 is 2.25 bits per heavy atom. The fourth-order valence-electron chi connectivity index (χ4n) is 1.41. The van der Waals surface area contributed by atoms with Crippen molar-refractivity contribution in [3.05, 3.63) is 29.3 Å². The standard InChI is InChI=1S/C12H17F2NO/c1-8-5-6-10(16-4)9(7-8)12(13,14)11(2,3)15/h5-7H,15H2,1-4H3. The van der Waals surface area contributed by atoms with Crippen LogP contribution in [-0.4, -0.2) is 12.6 Å². The smallest absolute Gasteiger partial charge is 0.293 e. The normalized spacial score (nSPS) is 12.7. The van der Waals surface area contributed by atoms with E-state index in [1.165, 1.54) is 33.1 Å². The fraction of sp³-hybridized carbons (Fsp3) is 0.500. The summed E-state index contributed by atoms with van der Waals surface area (Å²) in [6.07, 6.45) is 0. The van der Waals surface area contributed by atoms with Gasteiger partial charge in [0, 0.05) is 0 Å². The molecule has 0 aliphatic rings. The number of halogens is 2. The van der Waals surface area contributed by atoms with Crippen LogP contribution in [0, 0.1) is 6.92 Å². The number of hydrogen-bond acceptors (Lipinski definition) is 2. The molecule has 0 heterocycles. The zero-order valence-corrected chi connectivity index (χ0v) is 9.97. The molecule has 0 saturated carbocycles. The van der Waals surface area contributed by atoms with Crippen molar-refractivity contribution in [2.75, 3.05) is 7.11 Å². The van der Waals surface area contributed by atoms with Crippen molar-refractivity contribution in [1.82, 2.24) is 0 Å². The van der Waals surface area contributed by atoms with Gasteiger partial charge in [-0.15, -0.1) is 0 Å². The lowest BCUT2D eigenvalue weighted by Gasteiger charge is -2.31. The first-order valence-electron chi connectivity index (χ1n) is 5.02. The van der Waals surface area contributed by atoms with E-state index in [0.29, 0.717) is 0 Å². The minimum absolute atomic E-state index is 0.161. The second-order valence-electron chi connectivity index (χ2n) is 4.50. The number of alkyl halides is 2. The zero-order chi connectivity index (χ0) is 12.6. The van der Waals surface area contributed by atoms with Crippen LogP contribution in [0.2, 0.25) is 0 Å². The number of nitrogens with two attached hydrogens (primary N) is 1. The number of hydrogen-bond donors (Lipinski definition) is 1. The van der Waals surface area contributed by atoms with E-state index in [9.17, 15) is 8.78 Å². The number of aryl methyl sites for hydroxylation is 1. The van der Waals surface area contributed by atoms with Gasteiger partial charge in [0.05, 0.1) is 18.2 Å². The Bertz CT molecular complexity index is 383. The summed E-state index contributed by atoms with van der Waals surface area (Å²) in [5, 5.41) is 0. The van der Waals surface area contributed by atoms with Crippen molar-refractivity contribution < 1.29 is 13.5 Å². The van der Waals surface area contributed by atoms with Crippen molar-refractivity contribution >= 4 is 0 Å². The molecule has 0 unspecified atom stereocenters. The van der Waals surface area contributed by atoms with Crippen molar-refractivity contribution in [2.24, 2.45) is 5.73 Å². The van der Waals surface area contributed by atoms with Crippen LogP contribution in [0.5, 0.6) is 5.75 Å². The lowest BCUT2D eigenvalue weighted by molar-refractivity contribution is -0.0688. The maximum absolute atomic E-state index is 14.1. The van der Waals surface area contributed by atoms with Crippen LogP contribution in [-0.2, 0) is 5.92 Å². The van der Waals surface area contributed by atoms with Gasteiger partial charge < -0.3 is 10.5 Å². The predicted molar refractivity (Wildman–Crippen MR) is 59.9 cm³/mol. The van der Waals surface area contributed by atoms with Crippen LogP contribution in [0.25, 0.3) is 0 Å². The van der Waals surface area contributed by atoms with Crippen molar-refractivity contribution in [3.63, 3.8) is 0 Å². The number of ether oxygens (including phenoxy) is 1. The Morgan fingerprint density at radius 2 is 1.81 bits per heavy atom. The van der Waals surface area contributed by atoms with Crippen LogP contribution in [0.4, 0.5) is 8.78 Å². The maximum Gasteiger partial charge on any atom is 0.293 e. The molecule has 0 fully saturated rings. The summed E-state index contributed by atoms with van der Waals surface area (Å²) in [5.74, 6) is -2.97. The largest absolute Gasteiger partial charge is 0.496 e. The topological polar surface area (TPSA) is 35.2 Å². The van der Waals surface area contributed by atoms with Gasteiger partial charge in [0.2, 0.25) is 0 Å². The van der Waals surface area contributed by atoms with Gasteiger partial charge in [-0.3, -0.25) is 0 Å². The lowest BCUT2D eigenvalue weighted by Crippen LogP contribution is -2.48. The predicted octanol–water partition coefficient (Wildman–Crippen LogP) is 2.83. The monoisotopic (exact) mass is 229 g/mol. The summed E-state index contributed by atoms with van der Waals surface area (Å²) in [6, 6.07) is 4.67. The van der Waals surface area contributed by atoms with Gasteiger partial charge in [0.15, 0.2) is 0 Å². The third kappa shape index (κ3) is 2.16. The molecule has 0 aromatic heterocycles. The van der Waals surface area contributed by atoms with E-state index in [-0.39, 0.29) is 11.3 Å². The third-order valence-corrected chi connectivity index (χ3v) is 2.50. The molecule has 0 aliphatic heterocycles. The quantitative estimate of drug-likeness (QED) is 0.865. The molecular weight excluding hydrogens is 212 g/mol. The Morgan fingerprint density at radius 1 is 1.25 bits per heavy atom.